The summed E-state index contributed by atoms with van der Waals surface area (Å²) in [6.07, 6.45) is 1.76. The molecule has 0 amide bonds. The molecule has 1 aromatic carbocycles. The second-order valence-corrected chi connectivity index (χ2v) is 6.91. The van der Waals surface area contributed by atoms with Crippen LogP contribution in [0.4, 0.5) is 4.39 Å². The molecule has 7 heteroatoms. The summed E-state index contributed by atoms with van der Waals surface area (Å²) >= 11 is 5.57. The molecule has 0 spiro atoms. The van der Waals surface area contributed by atoms with Gasteiger partial charge in [-0.2, -0.15) is 0 Å². The minimum atomic E-state index is -0.276. The summed E-state index contributed by atoms with van der Waals surface area (Å²) in [5.74, 6) is 1.17. The fourth-order valence-electron chi connectivity index (χ4n) is 3.43. The number of rotatable bonds is 6. The first kappa shape index (κ1) is 18.6. The monoisotopic (exact) mass is 397 g/mol. The number of nitrogens with zero attached hydrogens (tertiary/aromatic N) is 2. The molecule has 0 radical (unpaired) electrons. The van der Waals surface area contributed by atoms with Gasteiger partial charge in [0.1, 0.15) is 23.4 Å². The highest BCUT2D eigenvalue weighted by Gasteiger charge is 2.41. The molecule has 0 bridgehead atoms. The van der Waals surface area contributed by atoms with Crippen molar-refractivity contribution in [1.82, 2.24) is 15.2 Å². The van der Waals surface area contributed by atoms with Crippen molar-refractivity contribution in [2.24, 2.45) is 0 Å². The molecule has 0 aliphatic carbocycles. The van der Waals surface area contributed by atoms with E-state index in [0.717, 1.165) is 17.0 Å². The van der Waals surface area contributed by atoms with Gasteiger partial charge in [-0.1, -0.05) is 6.07 Å². The first-order valence-corrected chi connectivity index (χ1v) is 9.41. The molecule has 4 rings (SSSR count). The van der Waals surface area contributed by atoms with Gasteiger partial charge in [-0.25, -0.2) is 4.39 Å². The molecule has 28 heavy (non-hydrogen) atoms. The lowest BCUT2D eigenvalue weighted by atomic mass is 10.0. The molecular formula is C21H20FN3O2S. The summed E-state index contributed by atoms with van der Waals surface area (Å²) in [6, 6.07) is 15.6. The molecule has 1 aliphatic heterocycles. The molecule has 3 heterocycles. The third-order valence-electron chi connectivity index (χ3n) is 4.78. The normalized spacial score (nSPS) is 19.1. The molecule has 0 saturated carbocycles. The van der Waals surface area contributed by atoms with Crippen LogP contribution in [0.1, 0.15) is 23.5 Å². The van der Waals surface area contributed by atoms with Gasteiger partial charge in [0.15, 0.2) is 5.11 Å². The van der Waals surface area contributed by atoms with Crippen LogP contribution in [0.25, 0.3) is 11.3 Å². The first-order chi connectivity index (χ1) is 13.7. The van der Waals surface area contributed by atoms with Crippen molar-refractivity contribution in [1.29, 1.82) is 0 Å². The third kappa shape index (κ3) is 3.63. The highest BCUT2D eigenvalue weighted by Crippen LogP contribution is 2.40. The van der Waals surface area contributed by atoms with Crippen molar-refractivity contribution in [3.05, 3.63) is 78.1 Å². The summed E-state index contributed by atoms with van der Waals surface area (Å²) < 4.78 is 24.6. The summed E-state index contributed by atoms with van der Waals surface area (Å²) in [6.45, 7) is 1.17. The SMILES string of the molecule is COCCN1C(=S)N[C@H](c2ccccn2)[C@H]1c1ccc(-c2ccc(F)cc2)o1. The first-order valence-electron chi connectivity index (χ1n) is 9.00. The summed E-state index contributed by atoms with van der Waals surface area (Å²) in [5, 5.41) is 4.00. The summed E-state index contributed by atoms with van der Waals surface area (Å²) in [5.41, 5.74) is 1.70. The minimum Gasteiger partial charge on any atom is -0.459 e. The molecule has 1 aliphatic rings. The Kier molecular flexibility index (Phi) is 5.36. The maximum atomic E-state index is 13.2. The molecule has 1 fully saturated rings. The van der Waals surface area contributed by atoms with Crippen molar-refractivity contribution in [3.63, 3.8) is 0 Å². The molecule has 3 aromatic rings. The molecular weight excluding hydrogens is 377 g/mol. The fourth-order valence-corrected chi connectivity index (χ4v) is 3.76. The number of furan rings is 1. The number of aromatic nitrogens is 1. The van der Waals surface area contributed by atoms with Crippen LogP contribution in [-0.2, 0) is 4.74 Å². The van der Waals surface area contributed by atoms with E-state index in [2.05, 4.69) is 15.2 Å². The van der Waals surface area contributed by atoms with E-state index in [1.165, 1.54) is 12.1 Å². The van der Waals surface area contributed by atoms with Crippen LogP contribution in [0.15, 0.2) is 65.2 Å². The Morgan fingerprint density at radius 2 is 2.00 bits per heavy atom. The van der Waals surface area contributed by atoms with Crippen molar-refractivity contribution >= 4 is 17.3 Å². The third-order valence-corrected chi connectivity index (χ3v) is 5.13. The summed E-state index contributed by atoms with van der Waals surface area (Å²) in [7, 11) is 1.66. The van der Waals surface area contributed by atoms with Crippen molar-refractivity contribution in [3.8, 4) is 11.3 Å². The zero-order chi connectivity index (χ0) is 19.5. The van der Waals surface area contributed by atoms with Crippen molar-refractivity contribution < 1.29 is 13.5 Å². The number of pyridine rings is 1. The molecule has 2 aromatic heterocycles. The van der Waals surface area contributed by atoms with Gasteiger partial charge in [-0.15, -0.1) is 0 Å². The summed E-state index contributed by atoms with van der Waals surface area (Å²) in [4.78, 5) is 6.56. The van der Waals surface area contributed by atoms with Crippen LogP contribution >= 0.6 is 12.2 Å². The quantitative estimate of drug-likeness (QED) is 0.632. The minimum absolute atomic E-state index is 0.141. The van der Waals surface area contributed by atoms with Gasteiger partial charge in [-0.05, 0) is 60.7 Å². The second kappa shape index (κ2) is 8.08. The van der Waals surface area contributed by atoms with Crippen LogP contribution in [0, 0.1) is 5.82 Å². The van der Waals surface area contributed by atoms with E-state index >= 15 is 0 Å². The number of hydrogen-bond acceptors (Lipinski definition) is 4. The van der Waals surface area contributed by atoms with Crippen LogP contribution < -0.4 is 5.32 Å². The Hall–Kier alpha value is -2.77. The van der Waals surface area contributed by atoms with Gasteiger partial charge in [0, 0.05) is 25.4 Å². The van der Waals surface area contributed by atoms with Gasteiger partial charge in [0.25, 0.3) is 0 Å². The van der Waals surface area contributed by atoms with Gasteiger partial charge >= 0.3 is 0 Å². The smallest absolute Gasteiger partial charge is 0.170 e. The molecule has 1 N–H and O–H groups in total. The maximum absolute atomic E-state index is 13.2. The van der Waals surface area contributed by atoms with E-state index in [1.54, 1.807) is 25.4 Å². The van der Waals surface area contributed by atoms with Crippen molar-refractivity contribution in [2.45, 2.75) is 12.1 Å². The molecule has 1 saturated heterocycles. The maximum Gasteiger partial charge on any atom is 0.170 e. The zero-order valence-electron chi connectivity index (χ0n) is 15.3. The predicted octanol–water partition coefficient (Wildman–Crippen LogP) is 4.10. The van der Waals surface area contributed by atoms with E-state index < -0.39 is 0 Å². The Labute approximate surface area is 168 Å². The van der Waals surface area contributed by atoms with Crippen LogP contribution in [0.5, 0.6) is 0 Å². The Balaban J connectivity index is 1.70. The van der Waals surface area contributed by atoms with Gasteiger partial charge in [0.2, 0.25) is 0 Å². The number of hydrogen-bond donors (Lipinski definition) is 1. The Bertz CT molecular complexity index is 946. The van der Waals surface area contributed by atoms with E-state index in [0.29, 0.717) is 24.0 Å². The number of methoxy groups -OCH3 is 1. The van der Waals surface area contributed by atoms with Gasteiger partial charge in [-0.3, -0.25) is 4.98 Å². The molecule has 0 unspecified atom stereocenters. The second-order valence-electron chi connectivity index (χ2n) is 6.52. The van der Waals surface area contributed by atoms with E-state index in [-0.39, 0.29) is 17.9 Å². The topological polar surface area (TPSA) is 50.5 Å². The zero-order valence-corrected chi connectivity index (χ0v) is 16.2. The number of halogens is 1. The molecule has 5 nitrogen and oxygen atoms in total. The average molecular weight is 397 g/mol. The lowest BCUT2D eigenvalue weighted by Gasteiger charge is -2.25. The number of thiocarbonyl (C=S) groups is 1. The Morgan fingerprint density at radius 1 is 1.18 bits per heavy atom. The fraction of sp³-hybridized carbons (Fsp3) is 0.238. The van der Waals surface area contributed by atoms with E-state index in [4.69, 9.17) is 21.4 Å². The number of benzene rings is 1. The average Bonchev–Trinajstić information content (AvgIpc) is 3.32. The highest BCUT2D eigenvalue weighted by atomic mass is 32.1. The van der Waals surface area contributed by atoms with Gasteiger partial charge < -0.3 is 19.4 Å². The van der Waals surface area contributed by atoms with E-state index in [9.17, 15) is 4.39 Å². The lowest BCUT2D eigenvalue weighted by Crippen LogP contribution is -2.32. The molecule has 2 atom stereocenters. The largest absolute Gasteiger partial charge is 0.459 e. The van der Waals surface area contributed by atoms with Gasteiger partial charge in [0.05, 0.1) is 18.3 Å². The Morgan fingerprint density at radius 3 is 2.71 bits per heavy atom. The van der Waals surface area contributed by atoms with E-state index in [1.807, 2.05) is 30.3 Å². The standard InChI is InChI=1S/C21H20FN3O2S/c1-26-13-12-25-20(19(24-21(25)28)16-4-2-3-11-23-16)18-10-9-17(27-18)14-5-7-15(22)8-6-14/h2-11,19-20H,12-13H2,1H3,(H,24,28)/t19-,20-/m1/s1. The lowest BCUT2D eigenvalue weighted by molar-refractivity contribution is 0.158. The molecule has 144 valence electrons. The van der Waals surface area contributed by atoms with Crippen LogP contribution in [0.2, 0.25) is 0 Å². The van der Waals surface area contributed by atoms with Crippen molar-refractivity contribution in [2.75, 3.05) is 20.3 Å². The predicted molar refractivity (Wildman–Crippen MR) is 108 cm³/mol. The number of ether oxygens (including phenoxy) is 1. The highest BCUT2D eigenvalue weighted by molar-refractivity contribution is 7.80. The van der Waals surface area contributed by atoms with Crippen LogP contribution in [0.3, 0.4) is 0 Å². The number of nitrogens with one attached hydrogen (secondary N) is 1. The van der Waals surface area contributed by atoms with Crippen LogP contribution in [-0.4, -0.2) is 35.3 Å².